The number of carbonyl (C=O) groups excluding carboxylic acids is 1. The summed E-state index contributed by atoms with van der Waals surface area (Å²) in [7, 11) is 0. The number of terminal acetylenes is 1. The van der Waals surface area contributed by atoms with E-state index in [1.807, 2.05) is 19.9 Å². The summed E-state index contributed by atoms with van der Waals surface area (Å²) in [6, 6.07) is 5.30. The Kier molecular flexibility index (Phi) is 5.29. The van der Waals surface area contributed by atoms with Crippen LogP contribution in [0.15, 0.2) is 24.4 Å². The van der Waals surface area contributed by atoms with Crippen LogP contribution in [0.1, 0.15) is 30.6 Å². The van der Waals surface area contributed by atoms with Gasteiger partial charge in [0.1, 0.15) is 11.9 Å². The van der Waals surface area contributed by atoms with Crippen molar-refractivity contribution in [3.05, 3.63) is 30.0 Å². The fourth-order valence-corrected chi connectivity index (χ4v) is 3.09. The van der Waals surface area contributed by atoms with Crippen LogP contribution in [0.5, 0.6) is 11.6 Å². The number of rotatable bonds is 5. The zero-order valence-electron chi connectivity index (χ0n) is 15.0. The Morgan fingerprint density at radius 1 is 1.42 bits per heavy atom. The maximum atomic E-state index is 11.8. The number of aromatic nitrogens is 1. The number of nitrogens with zero attached hydrogens (tertiary/aromatic N) is 1. The number of carbonyl (C=O) groups is 1. The summed E-state index contributed by atoms with van der Waals surface area (Å²) >= 11 is 0. The van der Waals surface area contributed by atoms with Gasteiger partial charge in [0.15, 0.2) is 0 Å². The van der Waals surface area contributed by atoms with Gasteiger partial charge in [-0.25, -0.2) is 4.98 Å². The molecule has 0 saturated carbocycles. The third kappa shape index (κ3) is 3.89. The molecule has 3 rings (SSSR count). The van der Waals surface area contributed by atoms with Crippen LogP contribution in [0.4, 0.5) is 0 Å². The molecular formula is C20H23N3O3. The summed E-state index contributed by atoms with van der Waals surface area (Å²) in [4.78, 5) is 16.2. The number of ether oxygens (including phenoxy) is 2. The number of primary amides is 1. The summed E-state index contributed by atoms with van der Waals surface area (Å²) in [5, 5.41) is 4.88. The van der Waals surface area contributed by atoms with E-state index in [0.29, 0.717) is 23.7 Å². The molecule has 136 valence electrons. The van der Waals surface area contributed by atoms with Gasteiger partial charge in [-0.05, 0) is 37.4 Å². The lowest BCUT2D eigenvalue weighted by atomic mass is 9.98. The van der Waals surface area contributed by atoms with Crippen molar-refractivity contribution in [3.63, 3.8) is 0 Å². The van der Waals surface area contributed by atoms with Crippen LogP contribution in [0.25, 0.3) is 10.8 Å². The maximum absolute atomic E-state index is 11.8. The summed E-state index contributed by atoms with van der Waals surface area (Å²) in [5.41, 5.74) is 5.85. The average molecular weight is 353 g/mol. The number of pyridine rings is 1. The monoisotopic (exact) mass is 353 g/mol. The van der Waals surface area contributed by atoms with Gasteiger partial charge in [0.05, 0.1) is 11.7 Å². The van der Waals surface area contributed by atoms with E-state index in [2.05, 4.69) is 16.2 Å². The molecule has 1 unspecified atom stereocenters. The Balaban J connectivity index is 1.98. The second-order valence-corrected chi connectivity index (χ2v) is 6.71. The van der Waals surface area contributed by atoms with Crippen molar-refractivity contribution in [1.82, 2.24) is 10.3 Å². The smallest absolute Gasteiger partial charge is 0.252 e. The molecule has 26 heavy (non-hydrogen) atoms. The molecule has 2 aromatic rings. The third-order valence-corrected chi connectivity index (χ3v) is 4.28. The zero-order chi connectivity index (χ0) is 18.7. The van der Waals surface area contributed by atoms with E-state index in [-0.39, 0.29) is 18.1 Å². The van der Waals surface area contributed by atoms with Crippen molar-refractivity contribution in [2.24, 2.45) is 11.7 Å². The van der Waals surface area contributed by atoms with Gasteiger partial charge in [-0.3, -0.25) is 4.79 Å². The molecule has 0 radical (unpaired) electrons. The number of piperidine rings is 1. The largest absolute Gasteiger partial charge is 0.490 e. The molecule has 1 saturated heterocycles. The zero-order valence-corrected chi connectivity index (χ0v) is 15.0. The normalized spacial score (nSPS) is 19.9. The molecule has 2 heterocycles. The van der Waals surface area contributed by atoms with Crippen molar-refractivity contribution in [2.75, 3.05) is 13.1 Å². The third-order valence-electron chi connectivity index (χ3n) is 4.28. The number of benzene rings is 1. The molecule has 1 aromatic carbocycles. The molecule has 6 nitrogen and oxygen atoms in total. The van der Waals surface area contributed by atoms with E-state index in [1.165, 1.54) is 0 Å². The molecule has 3 N–H and O–H groups in total. The number of nitrogens with one attached hydrogen (secondary N) is 1. The Morgan fingerprint density at radius 2 is 2.23 bits per heavy atom. The van der Waals surface area contributed by atoms with Gasteiger partial charge in [0, 0.05) is 37.0 Å². The SMILES string of the molecule is C#C[C@H]1CNCC(Oc2nccc3cc(C(N)=O)c(OC(C)C)cc23)C1. The van der Waals surface area contributed by atoms with Crippen LogP contribution in [-0.2, 0) is 0 Å². The number of fused-ring (bicyclic) bond motifs is 1. The van der Waals surface area contributed by atoms with Crippen molar-refractivity contribution >= 4 is 16.7 Å². The van der Waals surface area contributed by atoms with Crippen LogP contribution in [-0.4, -0.2) is 36.2 Å². The summed E-state index contributed by atoms with van der Waals surface area (Å²) in [5.74, 6) is 3.31. The van der Waals surface area contributed by atoms with Crippen molar-refractivity contribution in [3.8, 4) is 24.0 Å². The lowest BCUT2D eigenvalue weighted by molar-refractivity contribution is 0.0994. The van der Waals surface area contributed by atoms with Crippen LogP contribution in [0.3, 0.4) is 0 Å². The van der Waals surface area contributed by atoms with Gasteiger partial charge in [-0.15, -0.1) is 12.3 Å². The molecule has 1 aliphatic rings. The second kappa shape index (κ2) is 7.63. The molecule has 1 fully saturated rings. The molecule has 1 amide bonds. The average Bonchev–Trinajstić information content (AvgIpc) is 2.61. The number of hydrogen-bond donors (Lipinski definition) is 2. The van der Waals surface area contributed by atoms with E-state index in [1.54, 1.807) is 18.3 Å². The molecule has 1 aliphatic heterocycles. The number of hydrogen-bond acceptors (Lipinski definition) is 5. The van der Waals surface area contributed by atoms with Crippen LogP contribution in [0, 0.1) is 18.3 Å². The standard InChI is InChI=1S/C20H23N3O3/c1-4-13-7-15(11-22-10-13)26-20-16-9-18(25-12(2)3)17(19(21)24)8-14(16)5-6-23-20/h1,5-6,8-9,12-13,15,22H,7,10-11H2,2-3H3,(H2,21,24)/t13-,15?/m1/s1. The summed E-state index contributed by atoms with van der Waals surface area (Å²) in [6.07, 6.45) is 7.81. The van der Waals surface area contributed by atoms with Crippen LogP contribution < -0.4 is 20.5 Å². The predicted molar refractivity (Wildman–Crippen MR) is 100 cm³/mol. The molecule has 0 bridgehead atoms. The minimum atomic E-state index is -0.532. The first-order valence-corrected chi connectivity index (χ1v) is 8.70. The minimum absolute atomic E-state index is 0.0619. The first kappa shape index (κ1) is 18.0. The van der Waals surface area contributed by atoms with Crippen molar-refractivity contribution in [1.29, 1.82) is 0 Å². The fourth-order valence-electron chi connectivity index (χ4n) is 3.09. The van der Waals surface area contributed by atoms with E-state index in [9.17, 15) is 4.79 Å². The van der Waals surface area contributed by atoms with Gasteiger partial charge in [0.2, 0.25) is 5.88 Å². The number of nitrogens with two attached hydrogens (primary N) is 1. The molecule has 6 heteroatoms. The molecular weight excluding hydrogens is 330 g/mol. The predicted octanol–water partition coefficient (Wildman–Crippen LogP) is 2.11. The Labute approximate surface area is 153 Å². The van der Waals surface area contributed by atoms with E-state index < -0.39 is 5.91 Å². The van der Waals surface area contributed by atoms with Crippen molar-refractivity contribution in [2.45, 2.75) is 32.5 Å². The first-order valence-electron chi connectivity index (χ1n) is 8.70. The fraction of sp³-hybridized carbons (Fsp3) is 0.400. The van der Waals surface area contributed by atoms with Gasteiger partial charge in [-0.2, -0.15) is 0 Å². The molecule has 0 spiro atoms. The molecule has 2 atom stereocenters. The maximum Gasteiger partial charge on any atom is 0.252 e. The van der Waals surface area contributed by atoms with E-state index in [4.69, 9.17) is 21.6 Å². The van der Waals surface area contributed by atoms with Crippen LogP contribution >= 0.6 is 0 Å². The topological polar surface area (TPSA) is 86.5 Å². The minimum Gasteiger partial charge on any atom is -0.490 e. The van der Waals surface area contributed by atoms with Crippen molar-refractivity contribution < 1.29 is 14.3 Å². The highest BCUT2D eigenvalue weighted by Gasteiger charge is 2.23. The quantitative estimate of drug-likeness (QED) is 0.804. The lowest BCUT2D eigenvalue weighted by Gasteiger charge is -2.27. The lowest BCUT2D eigenvalue weighted by Crippen LogP contribution is -2.42. The Hall–Kier alpha value is -2.78. The van der Waals surface area contributed by atoms with Gasteiger partial charge in [-0.1, -0.05) is 0 Å². The van der Waals surface area contributed by atoms with Crippen LogP contribution in [0.2, 0.25) is 0 Å². The molecule has 0 aliphatic carbocycles. The number of amides is 1. The summed E-state index contributed by atoms with van der Waals surface area (Å²) in [6.45, 7) is 5.30. The first-order chi connectivity index (χ1) is 12.5. The van der Waals surface area contributed by atoms with Gasteiger partial charge < -0.3 is 20.5 Å². The summed E-state index contributed by atoms with van der Waals surface area (Å²) < 4.78 is 11.9. The van der Waals surface area contributed by atoms with Gasteiger partial charge in [0.25, 0.3) is 5.91 Å². The molecule has 1 aromatic heterocycles. The van der Waals surface area contributed by atoms with E-state index >= 15 is 0 Å². The highest BCUT2D eigenvalue weighted by molar-refractivity contribution is 6.01. The van der Waals surface area contributed by atoms with Gasteiger partial charge >= 0.3 is 0 Å². The highest BCUT2D eigenvalue weighted by Crippen LogP contribution is 2.32. The van der Waals surface area contributed by atoms with E-state index in [0.717, 1.165) is 23.7 Å². The second-order valence-electron chi connectivity index (χ2n) is 6.71. The Bertz CT molecular complexity index is 857. The highest BCUT2D eigenvalue weighted by atomic mass is 16.5. The Morgan fingerprint density at radius 3 is 2.92 bits per heavy atom.